The minimum Gasteiger partial charge on any atom is -0.314 e. The molecule has 1 aliphatic carbocycles. The highest BCUT2D eigenvalue weighted by Gasteiger charge is 2.32. The van der Waals surface area contributed by atoms with Crippen LogP contribution >= 0.6 is 36.4 Å². The first kappa shape index (κ1) is 19.5. The second-order valence-electron chi connectivity index (χ2n) is 5.68. The van der Waals surface area contributed by atoms with Crippen LogP contribution in [0.4, 0.5) is 0 Å². The van der Waals surface area contributed by atoms with Gasteiger partial charge in [0.2, 0.25) is 0 Å². The Hall–Kier alpha value is -0.510. The van der Waals surface area contributed by atoms with Crippen molar-refractivity contribution in [3.05, 3.63) is 59.2 Å². The Labute approximate surface area is 150 Å². The molecule has 1 aromatic carbocycles. The summed E-state index contributed by atoms with van der Waals surface area (Å²) in [6.07, 6.45) is 10.0. The molecule has 0 unspecified atom stereocenters. The molecule has 1 atom stereocenters. The zero-order valence-corrected chi connectivity index (χ0v) is 14.9. The van der Waals surface area contributed by atoms with Crippen molar-refractivity contribution in [3.63, 3.8) is 0 Å². The van der Waals surface area contributed by atoms with Crippen LogP contribution in [0.3, 0.4) is 0 Å². The topological polar surface area (TPSA) is 15.3 Å². The molecule has 2 aliphatic rings. The maximum Gasteiger partial charge on any atom is 0.0406 e. The molecular weight excluding hydrogens is 339 g/mol. The molecule has 22 heavy (non-hydrogen) atoms. The fourth-order valence-electron chi connectivity index (χ4n) is 3.14. The van der Waals surface area contributed by atoms with Crippen molar-refractivity contribution in [2.75, 3.05) is 32.7 Å². The third-order valence-electron chi connectivity index (χ3n) is 4.28. The van der Waals surface area contributed by atoms with Crippen molar-refractivity contribution in [1.82, 2.24) is 10.2 Å². The van der Waals surface area contributed by atoms with Crippen LogP contribution in [-0.2, 0) is 5.41 Å². The van der Waals surface area contributed by atoms with Crippen LogP contribution in [0.1, 0.15) is 12.0 Å². The summed E-state index contributed by atoms with van der Waals surface area (Å²) in [5.74, 6) is 0. The number of allylic oxidation sites excluding steroid dienone is 3. The molecule has 1 aliphatic heterocycles. The van der Waals surface area contributed by atoms with E-state index in [0.717, 1.165) is 44.2 Å². The van der Waals surface area contributed by atoms with E-state index in [1.807, 2.05) is 12.1 Å². The Morgan fingerprint density at radius 2 is 1.73 bits per heavy atom. The van der Waals surface area contributed by atoms with Crippen molar-refractivity contribution < 1.29 is 0 Å². The van der Waals surface area contributed by atoms with Gasteiger partial charge in [0.25, 0.3) is 0 Å². The zero-order chi connectivity index (χ0) is 13.8. The lowest BCUT2D eigenvalue weighted by molar-refractivity contribution is 0.204. The molecule has 5 heteroatoms. The molecule has 1 aromatic rings. The van der Waals surface area contributed by atoms with Gasteiger partial charge >= 0.3 is 0 Å². The molecule has 0 spiro atoms. The van der Waals surface area contributed by atoms with E-state index < -0.39 is 0 Å². The van der Waals surface area contributed by atoms with Crippen LogP contribution in [0.15, 0.2) is 48.6 Å². The van der Waals surface area contributed by atoms with E-state index >= 15 is 0 Å². The summed E-state index contributed by atoms with van der Waals surface area (Å²) in [4.78, 5) is 2.56. The minimum absolute atomic E-state index is 0. The highest BCUT2D eigenvalue weighted by Crippen LogP contribution is 2.34. The first-order valence-corrected chi connectivity index (χ1v) is 7.70. The average molecular weight is 362 g/mol. The van der Waals surface area contributed by atoms with Gasteiger partial charge in [-0.3, -0.25) is 4.90 Å². The molecule has 0 amide bonds. The van der Waals surface area contributed by atoms with Crippen LogP contribution in [0.5, 0.6) is 0 Å². The van der Waals surface area contributed by atoms with E-state index in [-0.39, 0.29) is 30.2 Å². The lowest BCUT2D eigenvalue weighted by Gasteiger charge is -2.39. The van der Waals surface area contributed by atoms with Gasteiger partial charge in [-0.2, -0.15) is 0 Å². The molecule has 0 saturated carbocycles. The highest BCUT2D eigenvalue weighted by atomic mass is 35.5. The molecular formula is C17H23Cl3N2. The second kappa shape index (κ2) is 8.95. The van der Waals surface area contributed by atoms with Crippen molar-refractivity contribution >= 4 is 36.4 Å². The Morgan fingerprint density at radius 1 is 1.05 bits per heavy atom. The summed E-state index contributed by atoms with van der Waals surface area (Å²) >= 11 is 6.04. The molecule has 122 valence electrons. The molecule has 0 radical (unpaired) electrons. The van der Waals surface area contributed by atoms with E-state index in [9.17, 15) is 0 Å². The number of halogens is 3. The monoisotopic (exact) mass is 360 g/mol. The van der Waals surface area contributed by atoms with E-state index in [1.54, 1.807) is 0 Å². The Kier molecular flexibility index (Phi) is 7.95. The number of benzene rings is 1. The predicted molar refractivity (Wildman–Crippen MR) is 99.8 cm³/mol. The van der Waals surface area contributed by atoms with Crippen LogP contribution in [0.2, 0.25) is 5.02 Å². The number of nitrogens with one attached hydrogen (secondary N) is 1. The van der Waals surface area contributed by atoms with Gasteiger partial charge < -0.3 is 5.32 Å². The van der Waals surface area contributed by atoms with Gasteiger partial charge in [0.15, 0.2) is 0 Å². The molecule has 3 rings (SSSR count). The van der Waals surface area contributed by atoms with Crippen LogP contribution in [-0.4, -0.2) is 37.6 Å². The van der Waals surface area contributed by atoms with E-state index in [2.05, 4.69) is 46.7 Å². The number of piperazine rings is 1. The molecule has 1 heterocycles. The minimum atomic E-state index is 0. The molecule has 0 bridgehead atoms. The van der Waals surface area contributed by atoms with Gasteiger partial charge in [-0.15, -0.1) is 24.8 Å². The fourth-order valence-corrected chi connectivity index (χ4v) is 3.26. The standard InChI is InChI=1S/C17H21ClN2.2ClH/c18-16-6-4-15(5-7-16)17(8-2-1-3-9-17)14-20-12-10-19-11-13-20;;/h1-8,19H,9-14H2;2*1H/t17-;;/m1../s1. The lowest BCUT2D eigenvalue weighted by Crippen LogP contribution is -2.49. The molecule has 1 fully saturated rings. The zero-order valence-electron chi connectivity index (χ0n) is 12.5. The summed E-state index contributed by atoms with van der Waals surface area (Å²) in [5, 5.41) is 4.23. The number of rotatable bonds is 3. The van der Waals surface area contributed by atoms with Crippen molar-refractivity contribution in [2.45, 2.75) is 11.8 Å². The molecule has 1 N–H and O–H groups in total. The predicted octanol–water partition coefficient (Wildman–Crippen LogP) is 3.84. The summed E-state index contributed by atoms with van der Waals surface area (Å²) in [6.45, 7) is 5.53. The van der Waals surface area contributed by atoms with Crippen LogP contribution in [0, 0.1) is 0 Å². The Bertz CT molecular complexity index is 507. The number of hydrogen-bond donors (Lipinski definition) is 1. The quantitative estimate of drug-likeness (QED) is 0.880. The fraction of sp³-hybridized carbons (Fsp3) is 0.412. The molecule has 2 nitrogen and oxygen atoms in total. The smallest absolute Gasteiger partial charge is 0.0406 e. The first-order chi connectivity index (χ1) is 9.78. The highest BCUT2D eigenvalue weighted by molar-refractivity contribution is 6.30. The van der Waals surface area contributed by atoms with Crippen molar-refractivity contribution in [2.24, 2.45) is 0 Å². The van der Waals surface area contributed by atoms with E-state index in [0.29, 0.717) is 0 Å². The van der Waals surface area contributed by atoms with E-state index in [1.165, 1.54) is 5.56 Å². The summed E-state index contributed by atoms with van der Waals surface area (Å²) < 4.78 is 0. The maximum atomic E-state index is 6.04. The first-order valence-electron chi connectivity index (χ1n) is 7.32. The van der Waals surface area contributed by atoms with Gasteiger partial charge in [0, 0.05) is 43.2 Å². The molecule has 0 aromatic heterocycles. The van der Waals surface area contributed by atoms with Crippen molar-refractivity contribution in [3.8, 4) is 0 Å². The van der Waals surface area contributed by atoms with Crippen LogP contribution < -0.4 is 5.32 Å². The SMILES string of the molecule is Cl.Cl.Clc1ccc([C@]2(CN3CCNCC3)C=CC=CC2)cc1. The van der Waals surface area contributed by atoms with Gasteiger partial charge in [0.05, 0.1) is 0 Å². The van der Waals surface area contributed by atoms with Gasteiger partial charge in [0.1, 0.15) is 0 Å². The average Bonchev–Trinajstić information content (AvgIpc) is 2.50. The van der Waals surface area contributed by atoms with Gasteiger partial charge in [-0.1, -0.05) is 48.0 Å². The second-order valence-corrected chi connectivity index (χ2v) is 6.12. The number of hydrogen-bond acceptors (Lipinski definition) is 2. The normalized spacial score (nSPS) is 24.4. The Morgan fingerprint density at radius 3 is 2.32 bits per heavy atom. The van der Waals surface area contributed by atoms with Gasteiger partial charge in [-0.25, -0.2) is 0 Å². The third-order valence-corrected chi connectivity index (χ3v) is 4.53. The van der Waals surface area contributed by atoms with Gasteiger partial charge in [-0.05, 0) is 24.1 Å². The summed E-state index contributed by atoms with van der Waals surface area (Å²) in [7, 11) is 0. The van der Waals surface area contributed by atoms with E-state index in [4.69, 9.17) is 11.6 Å². The maximum absolute atomic E-state index is 6.04. The van der Waals surface area contributed by atoms with Crippen molar-refractivity contribution in [1.29, 1.82) is 0 Å². The summed E-state index contributed by atoms with van der Waals surface area (Å²) in [6, 6.07) is 8.35. The molecule has 1 saturated heterocycles. The third kappa shape index (κ3) is 4.50. The summed E-state index contributed by atoms with van der Waals surface area (Å²) in [5.41, 5.74) is 1.46. The largest absolute Gasteiger partial charge is 0.314 e. The van der Waals surface area contributed by atoms with Crippen LogP contribution in [0.25, 0.3) is 0 Å². The lowest BCUT2D eigenvalue weighted by atomic mass is 9.75. The Balaban J connectivity index is 0.00000121. The number of nitrogens with zero attached hydrogens (tertiary/aromatic N) is 1.